The second kappa shape index (κ2) is 8.99. The highest BCUT2D eigenvalue weighted by atomic mass is 32.1. The Balaban J connectivity index is 1.72. The number of para-hydroxylation sites is 2. The Morgan fingerprint density at radius 3 is 2.75 bits per heavy atom. The molecular weight excluding hydrogens is 430 g/mol. The zero-order valence-electron chi connectivity index (χ0n) is 18.2. The lowest BCUT2D eigenvalue weighted by Gasteiger charge is -2.10. The Morgan fingerprint density at radius 1 is 1.22 bits per heavy atom. The highest BCUT2D eigenvalue weighted by molar-refractivity contribution is 7.17. The van der Waals surface area contributed by atoms with Gasteiger partial charge in [0.2, 0.25) is 11.7 Å². The average Bonchev–Trinajstić information content (AvgIpc) is 3.35. The molecule has 0 bridgehead atoms. The number of hydrogen-bond donors (Lipinski definition) is 1. The van der Waals surface area contributed by atoms with E-state index in [0.717, 1.165) is 11.1 Å². The molecule has 10 heteroatoms. The molecule has 1 N–H and O–H groups in total. The summed E-state index contributed by atoms with van der Waals surface area (Å²) >= 11 is 1.29. The molecule has 0 aliphatic heterocycles. The van der Waals surface area contributed by atoms with Gasteiger partial charge < -0.3 is 10.1 Å². The summed E-state index contributed by atoms with van der Waals surface area (Å²) in [5.41, 5.74) is 0.393. The zero-order valence-corrected chi connectivity index (χ0v) is 19.0. The van der Waals surface area contributed by atoms with Gasteiger partial charge in [-0.3, -0.25) is 14.2 Å². The van der Waals surface area contributed by atoms with Crippen LogP contribution < -0.4 is 21.3 Å². The predicted molar refractivity (Wildman–Crippen MR) is 125 cm³/mol. The zero-order chi connectivity index (χ0) is 22.8. The standard InChI is InChI=1S/C22H25N5O4S/c1-4-31-17-8-6-5-7-15(17)23-18(28)13-26-22(30)27-16-10-12-32-19(16)20(29)25(21(27)24-26)11-9-14(2)3/h5-8,10,12,14H,4,9,11,13H2,1-3H3,(H,23,28). The largest absolute Gasteiger partial charge is 0.492 e. The first-order valence-corrected chi connectivity index (χ1v) is 11.4. The molecule has 0 fully saturated rings. The van der Waals surface area contributed by atoms with Crippen LogP contribution in [0.15, 0.2) is 45.3 Å². The van der Waals surface area contributed by atoms with Gasteiger partial charge in [0, 0.05) is 6.54 Å². The molecular formula is C22H25N5O4S. The topological polar surface area (TPSA) is 99.6 Å². The molecule has 0 aliphatic rings. The van der Waals surface area contributed by atoms with E-state index in [-0.39, 0.29) is 17.9 Å². The van der Waals surface area contributed by atoms with Crippen molar-refractivity contribution >= 4 is 38.9 Å². The molecule has 0 unspecified atom stereocenters. The third-order valence-electron chi connectivity index (χ3n) is 5.07. The number of thiophene rings is 1. The Labute approximate surface area is 187 Å². The molecule has 1 aromatic carbocycles. The van der Waals surface area contributed by atoms with Gasteiger partial charge in [-0.25, -0.2) is 13.9 Å². The summed E-state index contributed by atoms with van der Waals surface area (Å²) in [4.78, 5) is 38.9. The number of nitrogens with one attached hydrogen (secondary N) is 1. The predicted octanol–water partition coefficient (Wildman–Crippen LogP) is 2.96. The second-order valence-corrected chi connectivity index (χ2v) is 8.74. The maximum atomic E-state index is 13.1. The molecule has 168 valence electrons. The van der Waals surface area contributed by atoms with E-state index in [1.165, 1.54) is 20.3 Å². The summed E-state index contributed by atoms with van der Waals surface area (Å²) in [5.74, 6) is 0.758. The number of amides is 1. The number of nitrogens with zero attached hydrogens (tertiary/aromatic N) is 4. The van der Waals surface area contributed by atoms with Gasteiger partial charge in [-0.1, -0.05) is 26.0 Å². The molecule has 0 spiro atoms. The second-order valence-electron chi connectivity index (χ2n) is 7.83. The third kappa shape index (κ3) is 4.05. The van der Waals surface area contributed by atoms with E-state index >= 15 is 0 Å². The number of rotatable bonds is 8. The normalized spacial score (nSPS) is 11.5. The van der Waals surface area contributed by atoms with Crippen LogP contribution in [-0.4, -0.2) is 31.3 Å². The van der Waals surface area contributed by atoms with Gasteiger partial charge in [0.05, 0.1) is 17.8 Å². The number of anilines is 1. The quantitative estimate of drug-likeness (QED) is 0.440. The van der Waals surface area contributed by atoms with Crippen LogP contribution in [0.5, 0.6) is 5.75 Å². The van der Waals surface area contributed by atoms with Crippen molar-refractivity contribution in [3.63, 3.8) is 0 Å². The minimum atomic E-state index is -0.463. The Morgan fingerprint density at radius 2 is 2.00 bits per heavy atom. The summed E-state index contributed by atoms with van der Waals surface area (Å²) in [6.45, 7) is 6.62. The van der Waals surface area contributed by atoms with Gasteiger partial charge in [-0.15, -0.1) is 16.4 Å². The summed E-state index contributed by atoms with van der Waals surface area (Å²) in [5, 5.41) is 8.92. The lowest BCUT2D eigenvalue weighted by molar-refractivity contribution is -0.117. The first-order chi connectivity index (χ1) is 15.4. The van der Waals surface area contributed by atoms with E-state index in [4.69, 9.17) is 4.74 Å². The highest BCUT2D eigenvalue weighted by Gasteiger charge is 2.20. The summed E-state index contributed by atoms with van der Waals surface area (Å²) in [7, 11) is 0. The Hall–Kier alpha value is -3.40. The molecule has 0 saturated heterocycles. The maximum absolute atomic E-state index is 13.1. The highest BCUT2D eigenvalue weighted by Crippen LogP contribution is 2.23. The number of ether oxygens (including phenoxy) is 1. The van der Waals surface area contributed by atoms with Crippen LogP contribution >= 0.6 is 11.3 Å². The third-order valence-corrected chi connectivity index (χ3v) is 5.96. The van der Waals surface area contributed by atoms with Crippen molar-refractivity contribution in [1.82, 2.24) is 18.7 Å². The maximum Gasteiger partial charge on any atom is 0.352 e. The number of aryl methyl sites for hydroxylation is 1. The van der Waals surface area contributed by atoms with Crippen LogP contribution in [0.3, 0.4) is 0 Å². The first kappa shape index (κ1) is 21.8. The number of carbonyl (C=O) groups is 1. The van der Waals surface area contributed by atoms with Crippen molar-refractivity contribution in [2.24, 2.45) is 5.92 Å². The van der Waals surface area contributed by atoms with Crippen molar-refractivity contribution in [1.29, 1.82) is 0 Å². The molecule has 9 nitrogen and oxygen atoms in total. The SMILES string of the molecule is CCOc1ccccc1NC(=O)Cn1nc2n(CCC(C)C)c(=O)c3sccc3n2c1=O. The van der Waals surface area contributed by atoms with Gasteiger partial charge in [0.15, 0.2) is 0 Å². The molecule has 4 rings (SSSR count). The summed E-state index contributed by atoms with van der Waals surface area (Å²) in [6.07, 6.45) is 0.766. The van der Waals surface area contributed by atoms with Crippen LogP contribution in [0.25, 0.3) is 16.0 Å². The van der Waals surface area contributed by atoms with E-state index in [9.17, 15) is 14.4 Å². The number of hydrogen-bond acceptors (Lipinski definition) is 6. The minimum absolute atomic E-state index is 0.171. The fraction of sp³-hybridized carbons (Fsp3) is 0.364. The molecule has 4 aromatic rings. The fourth-order valence-corrected chi connectivity index (χ4v) is 4.33. The lowest BCUT2D eigenvalue weighted by atomic mass is 10.1. The number of carbonyl (C=O) groups excluding carboxylic acids is 1. The number of aromatic nitrogens is 4. The Bertz CT molecular complexity index is 1400. The molecule has 0 saturated carbocycles. The van der Waals surface area contributed by atoms with Crippen LogP contribution in [0, 0.1) is 5.92 Å². The molecule has 0 radical (unpaired) electrons. The minimum Gasteiger partial charge on any atom is -0.492 e. The van der Waals surface area contributed by atoms with Gasteiger partial charge in [0.25, 0.3) is 5.56 Å². The van der Waals surface area contributed by atoms with Crippen LogP contribution in [-0.2, 0) is 17.9 Å². The number of fused-ring (bicyclic) bond motifs is 3. The molecule has 0 aliphatic carbocycles. The van der Waals surface area contributed by atoms with Crippen LogP contribution in [0.1, 0.15) is 27.2 Å². The molecule has 3 aromatic heterocycles. The summed E-state index contributed by atoms with van der Waals surface area (Å²) in [6, 6.07) is 8.82. The lowest BCUT2D eigenvalue weighted by Crippen LogP contribution is -2.29. The van der Waals surface area contributed by atoms with Crippen molar-refractivity contribution in [3.8, 4) is 5.75 Å². The molecule has 32 heavy (non-hydrogen) atoms. The monoisotopic (exact) mass is 455 g/mol. The van der Waals surface area contributed by atoms with Gasteiger partial charge >= 0.3 is 5.69 Å². The summed E-state index contributed by atoms with van der Waals surface area (Å²) < 4.78 is 10.1. The van der Waals surface area contributed by atoms with E-state index in [2.05, 4.69) is 24.3 Å². The van der Waals surface area contributed by atoms with E-state index in [1.807, 2.05) is 13.0 Å². The van der Waals surface area contributed by atoms with E-state index in [0.29, 0.717) is 40.7 Å². The van der Waals surface area contributed by atoms with Crippen LogP contribution in [0.2, 0.25) is 0 Å². The van der Waals surface area contributed by atoms with Gasteiger partial charge in [-0.05, 0) is 42.8 Å². The van der Waals surface area contributed by atoms with Gasteiger partial charge in [0.1, 0.15) is 17.0 Å². The first-order valence-electron chi connectivity index (χ1n) is 10.5. The smallest absolute Gasteiger partial charge is 0.352 e. The molecule has 1 amide bonds. The molecule has 3 heterocycles. The molecule has 0 atom stereocenters. The number of benzene rings is 1. The van der Waals surface area contributed by atoms with Crippen molar-refractivity contribution in [2.75, 3.05) is 11.9 Å². The van der Waals surface area contributed by atoms with Crippen molar-refractivity contribution < 1.29 is 9.53 Å². The van der Waals surface area contributed by atoms with E-state index < -0.39 is 11.6 Å². The Kier molecular flexibility index (Phi) is 6.13. The van der Waals surface area contributed by atoms with Gasteiger partial charge in [-0.2, -0.15) is 0 Å². The average molecular weight is 456 g/mol. The van der Waals surface area contributed by atoms with Crippen molar-refractivity contribution in [3.05, 3.63) is 56.5 Å². The van der Waals surface area contributed by atoms with Crippen molar-refractivity contribution in [2.45, 2.75) is 40.3 Å². The fourth-order valence-electron chi connectivity index (χ4n) is 3.50. The van der Waals surface area contributed by atoms with E-state index in [1.54, 1.807) is 29.6 Å². The van der Waals surface area contributed by atoms with Crippen LogP contribution in [0.4, 0.5) is 5.69 Å².